The van der Waals surface area contributed by atoms with E-state index in [0.717, 1.165) is 0 Å². The molecule has 0 saturated carbocycles. The summed E-state index contributed by atoms with van der Waals surface area (Å²) in [7, 11) is -4.85. The Balaban J connectivity index is 6.09. The minimum atomic E-state index is -1.25. The lowest BCUT2D eigenvalue weighted by Crippen LogP contribution is -2.41. The Hall–Kier alpha value is 0.348. The summed E-state index contributed by atoms with van der Waals surface area (Å²) in [5.41, 5.74) is 2.68. The predicted molar refractivity (Wildman–Crippen MR) is 110 cm³/mol. The van der Waals surface area contributed by atoms with Crippen LogP contribution in [0.25, 0.3) is 0 Å². The summed E-state index contributed by atoms with van der Waals surface area (Å²) >= 11 is 0. The van der Waals surface area contributed by atoms with Crippen LogP contribution in [0.5, 0.6) is 0 Å². The first-order valence-corrected chi connectivity index (χ1v) is 22.0. The van der Waals surface area contributed by atoms with Crippen molar-refractivity contribution >= 4 is 32.3 Å². The summed E-state index contributed by atoms with van der Waals surface area (Å²) in [6.45, 7) is 30.0. The summed E-state index contributed by atoms with van der Waals surface area (Å²) < 4.78 is 0. The normalized spacial score (nSPS) is 15.3. The van der Waals surface area contributed by atoms with E-state index >= 15 is 0 Å². The van der Waals surface area contributed by atoms with Crippen molar-refractivity contribution in [2.45, 2.75) is 78.6 Å². The molecule has 0 aliphatic heterocycles. The monoisotopic (exact) mass is 342 g/mol. The second-order valence-electron chi connectivity index (χ2n) is 10.3. The Labute approximate surface area is 132 Å². The Morgan fingerprint density at radius 2 is 0.900 bits per heavy atom. The van der Waals surface area contributed by atoms with E-state index in [1.54, 1.807) is 5.20 Å². The maximum atomic E-state index is 2.68. The molecule has 118 valence electrons. The molecule has 0 aliphatic carbocycles. The van der Waals surface area contributed by atoms with E-state index in [0.29, 0.717) is 0 Å². The molecule has 0 aromatic carbocycles. The van der Waals surface area contributed by atoms with E-state index in [1.807, 2.05) is 4.82 Å². The maximum absolute atomic E-state index is 2.68. The highest BCUT2D eigenvalue weighted by Gasteiger charge is 2.32. The lowest BCUT2D eigenvalue weighted by Gasteiger charge is -2.34. The van der Waals surface area contributed by atoms with Gasteiger partial charge in [-0.1, -0.05) is 100 Å². The average Bonchev–Trinajstić information content (AvgIpc) is 2.03. The Morgan fingerprint density at radius 1 is 0.550 bits per heavy atom. The topological polar surface area (TPSA) is 0 Å². The lowest BCUT2D eigenvalue weighted by molar-refractivity contribution is 1.57. The van der Waals surface area contributed by atoms with E-state index in [2.05, 4.69) is 90.3 Å². The van der Waals surface area contributed by atoms with Crippen LogP contribution in [0.1, 0.15) is 0 Å². The van der Waals surface area contributed by atoms with Crippen LogP contribution in [-0.2, 0) is 0 Å². The minimum absolute atomic E-state index is 1.16. The summed E-state index contributed by atoms with van der Waals surface area (Å²) in [6, 6.07) is 0. The molecule has 20 heavy (non-hydrogen) atoms. The predicted octanol–water partition coefficient (Wildman–Crippen LogP) is 6.35. The quantitative estimate of drug-likeness (QED) is 0.403. The molecule has 0 aromatic heterocycles. The van der Waals surface area contributed by atoms with Gasteiger partial charge in [-0.3, -0.25) is 0 Å². The third kappa shape index (κ3) is 7.38. The van der Waals surface area contributed by atoms with Crippen LogP contribution < -0.4 is 0 Å². The van der Waals surface area contributed by atoms with Crippen LogP contribution in [0.3, 0.4) is 0 Å². The molecule has 0 saturated heterocycles. The average molecular weight is 343 g/mol. The summed E-state index contributed by atoms with van der Waals surface area (Å²) in [6.07, 6.45) is 2.68. The first-order chi connectivity index (χ1) is 8.44. The fourth-order valence-electron chi connectivity index (χ4n) is 2.65. The molecule has 0 unspecified atom stereocenters. The Bertz CT molecular complexity index is 374. The highest BCUT2D eigenvalue weighted by Crippen LogP contribution is 2.30. The molecule has 0 rings (SSSR count). The van der Waals surface area contributed by atoms with Gasteiger partial charge in [-0.05, 0) is 0 Å². The molecule has 0 heterocycles. The third-order valence-electron chi connectivity index (χ3n) is 3.37. The van der Waals surface area contributed by atoms with E-state index in [4.69, 9.17) is 0 Å². The second kappa shape index (κ2) is 6.22. The summed E-state index contributed by atoms with van der Waals surface area (Å²) in [5.74, 6) is 0. The van der Waals surface area contributed by atoms with Gasteiger partial charge in [0.05, 0.1) is 32.3 Å². The first-order valence-electron chi connectivity index (χ1n) is 7.90. The third-order valence-corrected chi connectivity index (χ3v) is 14.9. The minimum Gasteiger partial charge on any atom is -0.0957 e. The molecule has 0 atom stereocenters. The number of allylic oxidation sites excluding steroid dienone is 2. The van der Waals surface area contributed by atoms with Crippen molar-refractivity contribution in [3.05, 3.63) is 21.8 Å². The van der Waals surface area contributed by atoms with Crippen molar-refractivity contribution in [2.75, 3.05) is 0 Å². The lowest BCUT2D eigenvalue weighted by atomic mass is 10.6. The molecule has 0 N–H and O–H groups in total. The number of hydrogen-bond donors (Lipinski definition) is 0. The van der Waals surface area contributed by atoms with Gasteiger partial charge < -0.3 is 0 Å². The van der Waals surface area contributed by atoms with Crippen LogP contribution in [0, 0.1) is 0 Å². The van der Waals surface area contributed by atoms with Crippen molar-refractivity contribution in [3.63, 3.8) is 0 Å². The summed E-state index contributed by atoms with van der Waals surface area (Å²) in [5, 5.41) is 1.72. The second-order valence-corrected chi connectivity index (χ2v) is 30.9. The van der Waals surface area contributed by atoms with Crippen molar-refractivity contribution in [1.82, 2.24) is 0 Å². The van der Waals surface area contributed by atoms with Crippen molar-refractivity contribution in [1.29, 1.82) is 0 Å². The van der Waals surface area contributed by atoms with Gasteiger partial charge in [0.1, 0.15) is 0 Å². The maximum Gasteiger partial charge on any atom is 0.0766 e. The van der Waals surface area contributed by atoms with Crippen molar-refractivity contribution in [3.8, 4) is 0 Å². The molecule has 0 amide bonds. The molecule has 0 aliphatic rings. The zero-order valence-corrected chi connectivity index (χ0v) is 20.2. The van der Waals surface area contributed by atoms with Crippen LogP contribution in [0.2, 0.25) is 78.6 Å². The van der Waals surface area contributed by atoms with Gasteiger partial charge in [0.25, 0.3) is 0 Å². The van der Waals surface area contributed by atoms with Gasteiger partial charge in [0, 0.05) is 0 Å². The molecule has 0 fully saturated rings. The largest absolute Gasteiger partial charge is 0.0957 e. The van der Waals surface area contributed by atoms with E-state index < -0.39 is 32.3 Å². The molecule has 4 heteroatoms. The van der Waals surface area contributed by atoms with Gasteiger partial charge in [0.2, 0.25) is 0 Å². The molecule has 0 aromatic rings. The van der Waals surface area contributed by atoms with E-state index in [9.17, 15) is 0 Å². The Kier molecular flexibility index (Phi) is 6.33. The number of rotatable bonds is 5. The van der Waals surface area contributed by atoms with Crippen LogP contribution >= 0.6 is 0 Å². The van der Waals surface area contributed by atoms with Crippen molar-refractivity contribution in [2.24, 2.45) is 0 Å². The standard InChI is InChI=1S/C16H38Si4/c1-17(2,3)14-15(18(4,5)6)13-16(19(7,8)9)20(10,11)12/h13-14H,1-12H3/b15-14+. The van der Waals surface area contributed by atoms with E-state index in [1.165, 1.54) is 0 Å². The van der Waals surface area contributed by atoms with Crippen molar-refractivity contribution < 1.29 is 0 Å². The van der Waals surface area contributed by atoms with E-state index in [-0.39, 0.29) is 0 Å². The van der Waals surface area contributed by atoms with Gasteiger partial charge in [-0.2, -0.15) is 0 Å². The highest BCUT2D eigenvalue weighted by atomic mass is 28.4. The molecule has 0 radical (unpaired) electrons. The summed E-state index contributed by atoms with van der Waals surface area (Å²) in [4.78, 5) is 1.86. The molecule has 0 nitrogen and oxygen atoms in total. The zero-order chi connectivity index (χ0) is 16.6. The molecular formula is C16H38Si4. The smallest absolute Gasteiger partial charge is 0.0766 e. The molecule has 0 spiro atoms. The number of hydrogen-bond acceptors (Lipinski definition) is 0. The molecular weight excluding hydrogens is 305 g/mol. The fourth-order valence-corrected chi connectivity index (χ4v) is 17.7. The van der Waals surface area contributed by atoms with Gasteiger partial charge in [-0.15, -0.1) is 0 Å². The molecule has 0 bridgehead atoms. The fraction of sp³-hybridized carbons (Fsp3) is 0.750. The highest BCUT2D eigenvalue weighted by molar-refractivity contribution is 7.05. The van der Waals surface area contributed by atoms with Gasteiger partial charge in [-0.25, -0.2) is 0 Å². The Morgan fingerprint density at radius 3 is 1.10 bits per heavy atom. The van der Waals surface area contributed by atoms with Gasteiger partial charge >= 0.3 is 0 Å². The van der Waals surface area contributed by atoms with Gasteiger partial charge in [0.15, 0.2) is 0 Å². The zero-order valence-electron chi connectivity index (χ0n) is 16.2. The first kappa shape index (κ1) is 20.3. The van der Waals surface area contributed by atoms with Crippen LogP contribution in [0.15, 0.2) is 21.8 Å². The van der Waals surface area contributed by atoms with Crippen LogP contribution in [0.4, 0.5) is 0 Å². The van der Waals surface area contributed by atoms with Crippen LogP contribution in [-0.4, -0.2) is 32.3 Å². The SMILES string of the molecule is C[Si](C)(C)/C=C(\C=C([Si](C)(C)C)[Si](C)(C)C)[Si](C)(C)C.